The van der Waals surface area contributed by atoms with Gasteiger partial charge in [-0.3, -0.25) is 0 Å². The van der Waals surface area contributed by atoms with E-state index in [1.807, 2.05) is 82.2 Å². The lowest BCUT2D eigenvalue weighted by molar-refractivity contribution is 0.483. The summed E-state index contributed by atoms with van der Waals surface area (Å²) in [5.74, 6) is 1.51. The van der Waals surface area contributed by atoms with Gasteiger partial charge in [-0.05, 0) is 84.9 Å². The molecule has 0 fully saturated rings. The van der Waals surface area contributed by atoms with Crippen LogP contribution in [0.3, 0.4) is 0 Å². The molecule has 0 aliphatic rings. The Kier molecular flexibility index (Phi) is 7.46. The molecule has 2 heterocycles. The summed E-state index contributed by atoms with van der Waals surface area (Å²) < 4.78 is 10.2. The van der Waals surface area contributed by atoms with Gasteiger partial charge in [0.25, 0.3) is 0 Å². The lowest BCUT2D eigenvalue weighted by Crippen LogP contribution is -1.98. The summed E-state index contributed by atoms with van der Waals surface area (Å²) in [7, 11) is 0. The molecular formula is C42H30N4O. The topological polar surface area (TPSA) is 44.9 Å². The molecule has 0 spiro atoms. The third-order valence-corrected chi connectivity index (χ3v) is 8.10. The number of para-hydroxylation sites is 2. The standard InChI is InChI=1S/C42H30N4O/c1-5-13-33(14-6-1)41-29-39(43-45(41)35-17-9-3-10-18-35)31-21-25-37(26-22-31)47-38-27-23-32(24-28-38)40-30-42(34-15-7-2-8-16-34)46(44-40)36-19-11-4-12-20-36/h1-30H. The minimum absolute atomic E-state index is 0.756. The molecule has 5 heteroatoms. The monoisotopic (exact) mass is 606 g/mol. The minimum Gasteiger partial charge on any atom is -0.457 e. The van der Waals surface area contributed by atoms with E-state index in [0.717, 1.165) is 67.9 Å². The molecule has 0 aliphatic carbocycles. The minimum atomic E-state index is 0.756. The molecular weight excluding hydrogens is 576 g/mol. The van der Waals surface area contributed by atoms with E-state index in [0.29, 0.717) is 0 Å². The van der Waals surface area contributed by atoms with Crippen molar-refractivity contribution in [3.8, 4) is 67.9 Å². The third-order valence-electron chi connectivity index (χ3n) is 8.10. The second kappa shape index (κ2) is 12.5. The van der Waals surface area contributed by atoms with Gasteiger partial charge >= 0.3 is 0 Å². The van der Waals surface area contributed by atoms with Crippen LogP contribution in [0.2, 0.25) is 0 Å². The highest BCUT2D eigenvalue weighted by atomic mass is 16.5. The predicted molar refractivity (Wildman–Crippen MR) is 189 cm³/mol. The van der Waals surface area contributed by atoms with Crippen LogP contribution in [0, 0.1) is 0 Å². The van der Waals surface area contributed by atoms with E-state index in [4.69, 9.17) is 14.9 Å². The lowest BCUT2D eigenvalue weighted by atomic mass is 10.1. The van der Waals surface area contributed by atoms with Crippen LogP contribution in [0.1, 0.15) is 0 Å². The summed E-state index contributed by atoms with van der Waals surface area (Å²) in [6, 6.07) is 61.6. The zero-order valence-electron chi connectivity index (χ0n) is 25.5. The van der Waals surface area contributed by atoms with E-state index in [1.54, 1.807) is 0 Å². The molecule has 0 atom stereocenters. The van der Waals surface area contributed by atoms with Crippen LogP contribution in [0.5, 0.6) is 11.5 Å². The third kappa shape index (κ3) is 5.86. The van der Waals surface area contributed by atoms with E-state index in [1.165, 1.54) is 0 Å². The Bertz CT molecular complexity index is 1950. The van der Waals surface area contributed by atoms with Crippen molar-refractivity contribution in [3.63, 3.8) is 0 Å². The normalized spacial score (nSPS) is 11.0. The van der Waals surface area contributed by atoms with Crippen molar-refractivity contribution in [1.29, 1.82) is 0 Å². The van der Waals surface area contributed by atoms with E-state index in [9.17, 15) is 0 Å². The smallest absolute Gasteiger partial charge is 0.127 e. The molecule has 0 saturated heterocycles. The van der Waals surface area contributed by atoms with Crippen molar-refractivity contribution in [2.45, 2.75) is 0 Å². The molecule has 8 rings (SSSR count). The van der Waals surface area contributed by atoms with Crippen molar-refractivity contribution in [2.24, 2.45) is 0 Å². The fourth-order valence-electron chi connectivity index (χ4n) is 5.73. The van der Waals surface area contributed by atoms with E-state index >= 15 is 0 Å². The Hall–Kier alpha value is -6.46. The second-order valence-electron chi connectivity index (χ2n) is 11.2. The molecule has 0 N–H and O–H groups in total. The Morgan fingerprint density at radius 3 is 1.04 bits per heavy atom. The fourth-order valence-corrected chi connectivity index (χ4v) is 5.73. The molecule has 8 aromatic rings. The maximum Gasteiger partial charge on any atom is 0.127 e. The van der Waals surface area contributed by atoms with Gasteiger partial charge in [0.1, 0.15) is 11.5 Å². The van der Waals surface area contributed by atoms with E-state index in [2.05, 4.69) is 109 Å². The first kappa shape index (κ1) is 28.0. The molecule has 0 saturated carbocycles. The average Bonchev–Trinajstić information content (AvgIpc) is 3.80. The van der Waals surface area contributed by atoms with Crippen molar-refractivity contribution in [3.05, 3.63) is 182 Å². The van der Waals surface area contributed by atoms with Gasteiger partial charge < -0.3 is 4.74 Å². The number of aromatic nitrogens is 4. The van der Waals surface area contributed by atoms with Crippen LogP contribution in [0.25, 0.3) is 56.4 Å². The molecule has 0 bridgehead atoms. The molecule has 0 unspecified atom stereocenters. The van der Waals surface area contributed by atoms with Crippen LogP contribution in [-0.2, 0) is 0 Å². The summed E-state index contributed by atoms with van der Waals surface area (Å²) in [5, 5.41) is 9.99. The van der Waals surface area contributed by atoms with Crippen LogP contribution in [0.15, 0.2) is 182 Å². The van der Waals surface area contributed by atoms with Gasteiger partial charge in [-0.25, -0.2) is 9.36 Å². The summed E-state index contributed by atoms with van der Waals surface area (Å²) in [6.07, 6.45) is 0. The number of hydrogen-bond donors (Lipinski definition) is 0. The Morgan fingerprint density at radius 2 is 0.681 bits per heavy atom. The quantitative estimate of drug-likeness (QED) is 0.173. The molecule has 2 aromatic heterocycles. The molecule has 0 radical (unpaired) electrons. The predicted octanol–water partition coefficient (Wildman–Crippen LogP) is 10.5. The first-order valence-corrected chi connectivity index (χ1v) is 15.6. The molecule has 0 aliphatic heterocycles. The van der Waals surface area contributed by atoms with Crippen LogP contribution in [-0.4, -0.2) is 19.6 Å². The molecule has 47 heavy (non-hydrogen) atoms. The highest BCUT2D eigenvalue weighted by Gasteiger charge is 2.15. The van der Waals surface area contributed by atoms with Crippen molar-refractivity contribution in [1.82, 2.24) is 19.6 Å². The SMILES string of the molecule is c1ccc(-c2cc(-c3ccc(Oc4ccc(-c5cc(-c6ccccc6)n(-c6ccccc6)n5)cc4)cc3)nn2-c2ccccc2)cc1. The van der Waals surface area contributed by atoms with Crippen LogP contribution < -0.4 is 4.74 Å². The fraction of sp³-hybridized carbons (Fsp3) is 0. The van der Waals surface area contributed by atoms with Gasteiger partial charge in [0, 0.05) is 22.3 Å². The lowest BCUT2D eigenvalue weighted by Gasteiger charge is -2.08. The number of rotatable bonds is 8. The van der Waals surface area contributed by atoms with Gasteiger partial charge in [0.2, 0.25) is 0 Å². The highest BCUT2D eigenvalue weighted by Crippen LogP contribution is 2.33. The van der Waals surface area contributed by atoms with E-state index in [-0.39, 0.29) is 0 Å². The number of ether oxygens (including phenoxy) is 1. The Labute approximate surface area is 273 Å². The summed E-state index contributed by atoms with van der Waals surface area (Å²) >= 11 is 0. The zero-order valence-corrected chi connectivity index (χ0v) is 25.5. The number of hydrogen-bond acceptors (Lipinski definition) is 3. The zero-order chi connectivity index (χ0) is 31.4. The summed E-state index contributed by atoms with van der Waals surface area (Å²) in [4.78, 5) is 0. The highest BCUT2D eigenvalue weighted by molar-refractivity contribution is 5.72. The van der Waals surface area contributed by atoms with Crippen molar-refractivity contribution >= 4 is 0 Å². The number of benzene rings is 6. The summed E-state index contributed by atoms with van der Waals surface area (Å²) in [6.45, 7) is 0. The van der Waals surface area contributed by atoms with Gasteiger partial charge in [-0.2, -0.15) is 10.2 Å². The van der Waals surface area contributed by atoms with Crippen molar-refractivity contribution < 1.29 is 4.74 Å². The molecule has 6 aromatic carbocycles. The maximum atomic E-state index is 6.24. The van der Waals surface area contributed by atoms with Gasteiger partial charge in [0.05, 0.1) is 34.2 Å². The maximum absolute atomic E-state index is 6.24. The van der Waals surface area contributed by atoms with Crippen molar-refractivity contribution in [2.75, 3.05) is 0 Å². The first-order valence-electron chi connectivity index (χ1n) is 15.6. The van der Waals surface area contributed by atoms with Gasteiger partial charge in [-0.15, -0.1) is 0 Å². The van der Waals surface area contributed by atoms with Crippen LogP contribution >= 0.6 is 0 Å². The summed E-state index contributed by atoms with van der Waals surface area (Å²) in [5.41, 5.74) is 10.2. The van der Waals surface area contributed by atoms with E-state index < -0.39 is 0 Å². The Morgan fingerprint density at radius 1 is 0.340 bits per heavy atom. The average molecular weight is 607 g/mol. The molecule has 5 nitrogen and oxygen atoms in total. The Balaban J connectivity index is 1.03. The number of nitrogens with zero attached hydrogens (tertiary/aromatic N) is 4. The van der Waals surface area contributed by atoms with Gasteiger partial charge in [-0.1, -0.05) is 97.1 Å². The largest absolute Gasteiger partial charge is 0.457 e. The second-order valence-corrected chi connectivity index (χ2v) is 11.2. The van der Waals surface area contributed by atoms with Crippen LogP contribution in [0.4, 0.5) is 0 Å². The van der Waals surface area contributed by atoms with Gasteiger partial charge in [0.15, 0.2) is 0 Å². The molecule has 0 amide bonds. The first-order chi connectivity index (χ1) is 23.3. The molecule has 224 valence electrons.